The van der Waals surface area contributed by atoms with Crippen LogP contribution < -0.4 is 4.90 Å². The smallest absolute Gasteiger partial charge is 0.0468 e. The second-order valence-electron chi connectivity index (χ2n) is 15.4. The fourth-order valence-corrected chi connectivity index (χ4v) is 8.75. The standard InChI is InChI=1S/C58H39N/c1-3-10-40(11-4-1)42-18-20-43(21-19-42)44-24-30-52(31-25-44)59(53-16-9-15-46(38-53)41-12-5-2-6-13-41)54-32-26-48-36-47(22-23-50(48)39-54)49-28-33-56-51(37-49)29-35-57-55-17-8-7-14-45(55)27-34-58(56)57/h1-39H. The molecule has 11 aromatic rings. The summed E-state index contributed by atoms with van der Waals surface area (Å²) in [5.74, 6) is 0. The normalized spacial score (nSPS) is 11.4. The fourth-order valence-electron chi connectivity index (χ4n) is 8.75. The van der Waals surface area contributed by atoms with Crippen LogP contribution in [0.1, 0.15) is 0 Å². The van der Waals surface area contributed by atoms with Gasteiger partial charge in [0.15, 0.2) is 0 Å². The maximum Gasteiger partial charge on any atom is 0.0468 e. The van der Waals surface area contributed by atoms with Crippen molar-refractivity contribution in [2.45, 2.75) is 0 Å². The number of hydrogen-bond acceptors (Lipinski definition) is 1. The minimum atomic E-state index is 1.10. The zero-order chi connectivity index (χ0) is 39.1. The molecule has 0 aromatic heterocycles. The van der Waals surface area contributed by atoms with Crippen molar-refractivity contribution >= 4 is 60.2 Å². The summed E-state index contributed by atoms with van der Waals surface area (Å²) in [7, 11) is 0. The third-order valence-corrected chi connectivity index (χ3v) is 11.8. The molecule has 0 spiro atoms. The van der Waals surface area contributed by atoms with Crippen molar-refractivity contribution in [1.29, 1.82) is 0 Å². The Morgan fingerprint density at radius 2 is 0.593 bits per heavy atom. The summed E-state index contributed by atoms with van der Waals surface area (Å²) in [5, 5.41) is 10.1. The van der Waals surface area contributed by atoms with E-state index < -0.39 is 0 Å². The monoisotopic (exact) mass is 749 g/mol. The van der Waals surface area contributed by atoms with Gasteiger partial charge in [0, 0.05) is 17.1 Å². The average Bonchev–Trinajstić information content (AvgIpc) is 3.32. The second-order valence-corrected chi connectivity index (χ2v) is 15.4. The molecule has 276 valence electrons. The molecule has 0 amide bonds. The van der Waals surface area contributed by atoms with Gasteiger partial charge in [-0.15, -0.1) is 0 Å². The Balaban J connectivity index is 0.948. The summed E-state index contributed by atoms with van der Waals surface area (Å²) < 4.78 is 0. The average molecular weight is 750 g/mol. The van der Waals surface area contributed by atoms with E-state index in [0.717, 1.165) is 17.1 Å². The lowest BCUT2D eigenvalue weighted by atomic mass is 9.94. The van der Waals surface area contributed by atoms with Crippen molar-refractivity contribution in [1.82, 2.24) is 0 Å². The number of benzene rings is 11. The van der Waals surface area contributed by atoms with Crippen LogP contribution in [0.3, 0.4) is 0 Å². The molecular formula is C58H39N. The number of rotatable bonds is 7. The zero-order valence-corrected chi connectivity index (χ0v) is 32.5. The molecule has 1 nitrogen and oxygen atoms in total. The second kappa shape index (κ2) is 14.6. The summed E-state index contributed by atoms with van der Waals surface area (Å²) in [5.41, 5.74) is 13.0. The third kappa shape index (κ3) is 6.49. The molecule has 1 heteroatoms. The van der Waals surface area contributed by atoms with E-state index in [2.05, 4.69) is 241 Å². The van der Waals surface area contributed by atoms with Gasteiger partial charge in [-0.25, -0.2) is 0 Å². The molecule has 11 aromatic carbocycles. The lowest BCUT2D eigenvalue weighted by Crippen LogP contribution is -2.10. The fraction of sp³-hybridized carbons (Fsp3) is 0. The van der Waals surface area contributed by atoms with Gasteiger partial charge in [0.1, 0.15) is 0 Å². The van der Waals surface area contributed by atoms with E-state index in [1.165, 1.54) is 87.6 Å². The molecule has 0 heterocycles. The van der Waals surface area contributed by atoms with Gasteiger partial charge in [-0.3, -0.25) is 0 Å². The molecule has 0 aliphatic rings. The maximum atomic E-state index is 2.37. The molecule has 59 heavy (non-hydrogen) atoms. The summed E-state index contributed by atoms with van der Waals surface area (Å²) in [4.78, 5) is 2.37. The van der Waals surface area contributed by atoms with E-state index in [0.29, 0.717) is 0 Å². The Kier molecular flexibility index (Phi) is 8.56. The van der Waals surface area contributed by atoms with Crippen molar-refractivity contribution in [2.24, 2.45) is 0 Å². The van der Waals surface area contributed by atoms with Crippen LogP contribution >= 0.6 is 0 Å². The molecule has 0 N–H and O–H groups in total. The van der Waals surface area contributed by atoms with Crippen molar-refractivity contribution in [3.8, 4) is 44.5 Å². The van der Waals surface area contributed by atoms with Crippen LogP contribution in [0.5, 0.6) is 0 Å². The molecule has 0 radical (unpaired) electrons. The van der Waals surface area contributed by atoms with Gasteiger partial charge in [-0.2, -0.15) is 0 Å². The van der Waals surface area contributed by atoms with E-state index in [-0.39, 0.29) is 0 Å². The van der Waals surface area contributed by atoms with E-state index in [1.54, 1.807) is 0 Å². The number of fused-ring (bicyclic) bond motifs is 6. The van der Waals surface area contributed by atoms with Crippen LogP contribution in [0, 0.1) is 0 Å². The largest absolute Gasteiger partial charge is 0.310 e. The van der Waals surface area contributed by atoms with Crippen LogP contribution in [-0.4, -0.2) is 0 Å². The van der Waals surface area contributed by atoms with Crippen molar-refractivity contribution < 1.29 is 0 Å². The van der Waals surface area contributed by atoms with Gasteiger partial charge in [0.2, 0.25) is 0 Å². The van der Waals surface area contributed by atoms with Crippen LogP contribution in [0.15, 0.2) is 237 Å². The van der Waals surface area contributed by atoms with E-state index in [9.17, 15) is 0 Å². The van der Waals surface area contributed by atoms with Crippen molar-refractivity contribution in [2.75, 3.05) is 4.90 Å². The highest BCUT2D eigenvalue weighted by molar-refractivity contribution is 6.17. The molecule has 0 atom stereocenters. The minimum Gasteiger partial charge on any atom is -0.310 e. The van der Waals surface area contributed by atoms with E-state index in [4.69, 9.17) is 0 Å². The summed E-state index contributed by atoms with van der Waals surface area (Å²) in [6.45, 7) is 0. The molecule has 11 rings (SSSR count). The highest BCUT2D eigenvalue weighted by Gasteiger charge is 2.15. The van der Waals surface area contributed by atoms with Gasteiger partial charge >= 0.3 is 0 Å². The molecule has 0 aliphatic heterocycles. The third-order valence-electron chi connectivity index (χ3n) is 11.8. The first kappa shape index (κ1) is 34.5. The highest BCUT2D eigenvalue weighted by Crippen LogP contribution is 2.40. The lowest BCUT2D eigenvalue weighted by Gasteiger charge is -2.26. The Morgan fingerprint density at radius 3 is 1.31 bits per heavy atom. The predicted molar refractivity (Wildman–Crippen MR) is 253 cm³/mol. The summed E-state index contributed by atoms with van der Waals surface area (Å²) >= 11 is 0. The Hall–Kier alpha value is -7.74. The van der Waals surface area contributed by atoms with Crippen molar-refractivity contribution in [3.05, 3.63) is 237 Å². The van der Waals surface area contributed by atoms with Crippen LogP contribution in [0.4, 0.5) is 17.1 Å². The van der Waals surface area contributed by atoms with Gasteiger partial charge in [-0.1, -0.05) is 188 Å². The van der Waals surface area contributed by atoms with Gasteiger partial charge in [-0.05, 0) is 136 Å². The Morgan fingerprint density at radius 1 is 0.186 bits per heavy atom. The number of hydrogen-bond donors (Lipinski definition) is 0. The Labute approximate surface area is 344 Å². The first-order valence-corrected chi connectivity index (χ1v) is 20.3. The molecule has 0 saturated heterocycles. The first-order chi connectivity index (χ1) is 29.2. The summed E-state index contributed by atoms with van der Waals surface area (Å²) in [6.07, 6.45) is 0. The van der Waals surface area contributed by atoms with E-state index in [1.807, 2.05) is 0 Å². The van der Waals surface area contributed by atoms with Gasteiger partial charge in [0.25, 0.3) is 0 Å². The molecular weight excluding hydrogens is 711 g/mol. The van der Waals surface area contributed by atoms with E-state index >= 15 is 0 Å². The molecule has 0 unspecified atom stereocenters. The van der Waals surface area contributed by atoms with Gasteiger partial charge in [0.05, 0.1) is 0 Å². The topological polar surface area (TPSA) is 3.24 Å². The first-order valence-electron chi connectivity index (χ1n) is 20.3. The van der Waals surface area contributed by atoms with Crippen LogP contribution in [0.25, 0.3) is 87.6 Å². The maximum absolute atomic E-state index is 2.37. The van der Waals surface area contributed by atoms with Crippen molar-refractivity contribution in [3.63, 3.8) is 0 Å². The highest BCUT2D eigenvalue weighted by atomic mass is 15.1. The molecule has 0 bridgehead atoms. The molecule has 0 aliphatic carbocycles. The van der Waals surface area contributed by atoms with Gasteiger partial charge < -0.3 is 4.90 Å². The lowest BCUT2D eigenvalue weighted by molar-refractivity contribution is 1.29. The SMILES string of the molecule is c1ccc(-c2ccc(-c3ccc(N(c4cccc(-c5ccccc5)c4)c4ccc5cc(-c6ccc7c(ccc8c9ccccc9ccc78)c6)ccc5c4)cc3)cc2)cc1. The predicted octanol–water partition coefficient (Wildman–Crippen LogP) is 16.4. The van der Waals surface area contributed by atoms with Crippen LogP contribution in [0.2, 0.25) is 0 Å². The molecule has 0 fully saturated rings. The Bertz CT molecular complexity index is 3290. The van der Waals surface area contributed by atoms with Crippen LogP contribution in [-0.2, 0) is 0 Å². The zero-order valence-electron chi connectivity index (χ0n) is 32.5. The number of nitrogens with zero attached hydrogens (tertiary/aromatic N) is 1. The number of anilines is 3. The summed E-state index contributed by atoms with van der Waals surface area (Å²) in [6, 6.07) is 86.2. The minimum absolute atomic E-state index is 1.10. The quantitative estimate of drug-likeness (QED) is 0.147. The molecule has 0 saturated carbocycles.